The van der Waals surface area contributed by atoms with Gasteiger partial charge in [-0.2, -0.15) is 0 Å². The molecular weight excluding hydrogens is 444 g/mol. The average Bonchev–Trinajstić information content (AvgIpc) is 3.15. The Morgan fingerprint density at radius 3 is 2.29 bits per heavy atom. The summed E-state index contributed by atoms with van der Waals surface area (Å²) in [6, 6.07) is 16.1. The summed E-state index contributed by atoms with van der Waals surface area (Å²) < 4.78 is 5.72. The van der Waals surface area contributed by atoms with Crippen LogP contribution >= 0.6 is 0 Å². The molecule has 3 N–H and O–H groups in total. The molecule has 0 bridgehead atoms. The lowest BCUT2D eigenvalue weighted by molar-refractivity contribution is -0.137. The zero-order chi connectivity index (χ0) is 24.8. The van der Waals surface area contributed by atoms with Crippen LogP contribution in [0.3, 0.4) is 0 Å². The van der Waals surface area contributed by atoms with Crippen molar-refractivity contribution in [2.75, 3.05) is 6.61 Å². The van der Waals surface area contributed by atoms with Crippen LogP contribution in [0.4, 0.5) is 4.79 Å². The van der Waals surface area contributed by atoms with E-state index in [4.69, 9.17) is 9.84 Å². The van der Waals surface area contributed by atoms with E-state index in [-0.39, 0.29) is 36.8 Å². The third kappa shape index (κ3) is 6.21. The zero-order valence-corrected chi connectivity index (χ0v) is 20.2. The maximum Gasteiger partial charge on any atom is 0.407 e. The second-order valence-corrected chi connectivity index (χ2v) is 9.73. The van der Waals surface area contributed by atoms with Crippen molar-refractivity contribution in [1.29, 1.82) is 0 Å². The van der Waals surface area contributed by atoms with Crippen LogP contribution in [-0.2, 0) is 14.3 Å². The van der Waals surface area contributed by atoms with Gasteiger partial charge in [0.15, 0.2) is 0 Å². The van der Waals surface area contributed by atoms with Gasteiger partial charge in [-0.05, 0) is 54.4 Å². The van der Waals surface area contributed by atoms with Crippen LogP contribution in [-0.4, -0.2) is 41.8 Å². The molecule has 35 heavy (non-hydrogen) atoms. The number of aliphatic carboxylic acids is 1. The van der Waals surface area contributed by atoms with Crippen LogP contribution in [0, 0.1) is 5.92 Å². The summed E-state index contributed by atoms with van der Waals surface area (Å²) in [6.45, 7) is 1.97. The normalized spacial score (nSPS) is 19.8. The van der Waals surface area contributed by atoms with E-state index in [1.54, 1.807) is 6.92 Å². The number of nitrogens with one attached hydrogen (secondary N) is 2. The maximum absolute atomic E-state index is 12.8. The highest BCUT2D eigenvalue weighted by Gasteiger charge is 2.31. The Bertz CT molecular complexity index is 1020. The van der Waals surface area contributed by atoms with E-state index in [1.165, 1.54) is 22.3 Å². The summed E-state index contributed by atoms with van der Waals surface area (Å²) in [7, 11) is 0. The Morgan fingerprint density at radius 1 is 1.00 bits per heavy atom. The van der Waals surface area contributed by atoms with Gasteiger partial charge in [-0.1, -0.05) is 61.4 Å². The number of ether oxygens (including phenoxy) is 1. The van der Waals surface area contributed by atoms with E-state index in [2.05, 4.69) is 34.9 Å². The molecule has 2 aromatic rings. The molecule has 0 aromatic heterocycles. The van der Waals surface area contributed by atoms with E-state index in [0.717, 1.165) is 25.7 Å². The number of fused-ring (bicyclic) bond motifs is 3. The molecule has 2 aromatic carbocycles. The molecule has 0 spiro atoms. The zero-order valence-electron chi connectivity index (χ0n) is 20.2. The largest absolute Gasteiger partial charge is 0.481 e. The van der Waals surface area contributed by atoms with Gasteiger partial charge in [-0.15, -0.1) is 0 Å². The molecule has 2 aliphatic rings. The molecule has 0 aliphatic heterocycles. The molecular formula is C28H34N2O5. The molecule has 4 rings (SSSR count). The van der Waals surface area contributed by atoms with Gasteiger partial charge in [-0.25, -0.2) is 4.79 Å². The highest BCUT2D eigenvalue weighted by molar-refractivity contribution is 5.79. The number of carbonyl (C=O) groups is 3. The molecule has 2 aliphatic carbocycles. The highest BCUT2D eigenvalue weighted by atomic mass is 16.5. The minimum atomic E-state index is -0.933. The second kappa shape index (κ2) is 11.4. The number of rotatable bonds is 9. The third-order valence-electron chi connectivity index (χ3n) is 7.19. The van der Waals surface area contributed by atoms with Crippen molar-refractivity contribution in [3.63, 3.8) is 0 Å². The van der Waals surface area contributed by atoms with Gasteiger partial charge in [0, 0.05) is 24.4 Å². The number of carboxylic acids is 1. The molecule has 1 fully saturated rings. The Labute approximate surface area is 206 Å². The highest BCUT2D eigenvalue weighted by Crippen LogP contribution is 2.44. The van der Waals surface area contributed by atoms with Gasteiger partial charge < -0.3 is 20.5 Å². The molecule has 0 saturated heterocycles. The summed E-state index contributed by atoms with van der Waals surface area (Å²) in [6.07, 6.45) is 4.39. The lowest BCUT2D eigenvalue weighted by atomic mass is 9.81. The van der Waals surface area contributed by atoms with E-state index in [0.29, 0.717) is 12.8 Å². The van der Waals surface area contributed by atoms with E-state index >= 15 is 0 Å². The predicted octanol–water partition coefficient (Wildman–Crippen LogP) is 4.84. The Hall–Kier alpha value is -3.35. The molecule has 7 nitrogen and oxygen atoms in total. The van der Waals surface area contributed by atoms with Gasteiger partial charge in [0.1, 0.15) is 6.61 Å². The molecule has 186 valence electrons. The summed E-state index contributed by atoms with van der Waals surface area (Å²) >= 11 is 0. The summed E-state index contributed by atoms with van der Waals surface area (Å²) in [5.74, 6) is -0.863. The molecule has 3 unspecified atom stereocenters. The van der Waals surface area contributed by atoms with Gasteiger partial charge in [0.25, 0.3) is 0 Å². The van der Waals surface area contributed by atoms with Crippen molar-refractivity contribution >= 4 is 18.0 Å². The minimum Gasteiger partial charge on any atom is -0.481 e. The fourth-order valence-corrected chi connectivity index (χ4v) is 5.51. The number of hydrogen-bond donors (Lipinski definition) is 3. The molecule has 0 radical (unpaired) electrons. The first kappa shape index (κ1) is 24.8. The summed E-state index contributed by atoms with van der Waals surface area (Å²) in [5, 5.41) is 14.7. The first-order valence-electron chi connectivity index (χ1n) is 12.5. The molecule has 0 heterocycles. The van der Waals surface area contributed by atoms with Crippen molar-refractivity contribution < 1.29 is 24.2 Å². The predicted molar refractivity (Wildman–Crippen MR) is 133 cm³/mol. The number of hydrogen-bond acceptors (Lipinski definition) is 4. The monoisotopic (exact) mass is 478 g/mol. The molecule has 1 saturated carbocycles. The van der Waals surface area contributed by atoms with Crippen LogP contribution < -0.4 is 10.6 Å². The van der Waals surface area contributed by atoms with Crippen molar-refractivity contribution in [3.05, 3.63) is 59.7 Å². The van der Waals surface area contributed by atoms with E-state index < -0.39 is 18.1 Å². The smallest absolute Gasteiger partial charge is 0.407 e. The van der Waals surface area contributed by atoms with Gasteiger partial charge in [0.2, 0.25) is 5.91 Å². The quantitative estimate of drug-likeness (QED) is 0.478. The van der Waals surface area contributed by atoms with Gasteiger partial charge in [-0.3, -0.25) is 9.59 Å². The van der Waals surface area contributed by atoms with Crippen LogP contribution in [0.1, 0.15) is 68.9 Å². The maximum atomic E-state index is 12.8. The van der Waals surface area contributed by atoms with Crippen LogP contribution in [0.25, 0.3) is 11.1 Å². The van der Waals surface area contributed by atoms with Crippen molar-refractivity contribution in [3.8, 4) is 11.1 Å². The van der Waals surface area contributed by atoms with Crippen molar-refractivity contribution in [2.24, 2.45) is 5.92 Å². The number of benzene rings is 2. The Kier molecular flexibility index (Phi) is 8.06. The molecule has 2 amide bonds. The summed E-state index contributed by atoms with van der Waals surface area (Å²) in [4.78, 5) is 35.8. The number of carboxylic acid groups (broad SMARTS) is 1. The van der Waals surface area contributed by atoms with Crippen molar-refractivity contribution in [2.45, 2.75) is 69.9 Å². The van der Waals surface area contributed by atoms with Crippen LogP contribution in [0.15, 0.2) is 48.5 Å². The third-order valence-corrected chi connectivity index (χ3v) is 7.19. The van der Waals surface area contributed by atoms with Crippen LogP contribution in [0.2, 0.25) is 0 Å². The Balaban J connectivity index is 1.29. The molecule has 7 heteroatoms. The topological polar surface area (TPSA) is 105 Å². The fourth-order valence-electron chi connectivity index (χ4n) is 5.51. The van der Waals surface area contributed by atoms with E-state index in [1.807, 2.05) is 24.3 Å². The first-order chi connectivity index (χ1) is 16.9. The molecule has 3 atom stereocenters. The lowest BCUT2D eigenvalue weighted by Crippen LogP contribution is -2.43. The Morgan fingerprint density at radius 2 is 1.63 bits per heavy atom. The second-order valence-electron chi connectivity index (χ2n) is 9.73. The number of amides is 2. The van der Waals surface area contributed by atoms with Crippen molar-refractivity contribution in [1.82, 2.24) is 10.6 Å². The summed E-state index contributed by atoms with van der Waals surface area (Å²) in [5.41, 5.74) is 4.75. The fraction of sp³-hybridized carbons (Fsp3) is 0.464. The minimum absolute atomic E-state index is 0.0202. The first-order valence-corrected chi connectivity index (χ1v) is 12.5. The SMILES string of the molecule is CC(CC(=O)O)NC(=O)CCC1CCCCC1NC(=O)OCC1c2ccccc2-c2ccccc21. The average molecular weight is 479 g/mol. The van der Waals surface area contributed by atoms with E-state index in [9.17, 15) is 14.4 Å². The number of carbonyl (C=O) groups excluding carboxylic acids is 2. The standard InChI is InChI=1S/C28H34N2O5/c1-18(16-27(32)33)29-26(31)15-14-19-8-2-7-13-25(19)30-28(34)35-17-24-22-11-5-3-9-20(22)21-10-4-6-12-23(21)24/h3-6,9-12,18-19,24-25H,2,7-8,13-17H2,1H3,(H,29,31)(H,30,34)(H,32,33). The number of alkyl carbamates (subject to hydrolysis) is 1. The van der Waals surface area contributed by atoms with Gasteiger partial charge in [0.05, 0.1) is 6.42 Å². The van der Waals surface area contributed by atoms with Gasteiger partial charge >= 0.3 is 12.1 Å². The lowest BCUT2D eigenvalue weighted by Gasteiger charge is -2.32. The van der Waals surface area contributed by atoms with Crippen LogP contribution in [0.5, 0.6) is 0 Å².